The number of halogens is 1. The average Bonchev–Trinajstić information content (AvgIpc) is 3.46. The van der Waals surface area contributed by atoms with E-state index in [9.17, 15) is 9.18 Å². The van der Waals surface area contributed by atoms with E-state index in [1.165, 1.54) is 31.5 Å². The molecule has 2 aromatic carbocycles. The lowest BCUT2D eigenvalue weighted by Crippen LogP contribution is -2.39. The topological polar surface area (TPSA) is 32.3 Å². The van der Waals surface area contributed by atoms with Gasteiger partial charge in [-0.05, 0) is 80.1 Å². The van der Waals surface area contributed by atoms with E-state index in [-0.39, 0.29) is 17.6 Å². The van der Waals surface area contributed by atoms with Crippen molar-refractivity contribution in [2.75, 3.05) is 25.0 Å². The number of amides is 1. The van der Waals surface area contributed by atoms with E-state index in [1.54, 1.807) is 6.07 Å². The Hall–Kier alpha value is -2.20. The van der Waals surface area contributed by atoms with E-state index < -0.39 is 0 Å². The van der Waals surface area contributed by atoms with Gasteiger partial charge in [-0.1, -0.05) is 24.3 Å². The molecule has 1 heterocycles. The fourth-order valence-electron chi connectivity index (χ4n) is 3.73. The Labute approximate surface area is 154 Å². The van der Waals surface area contributed by atoms with Gasteiger partial charge in [0.15, 0.2) is 0 Å². The Balaban J connectivity index is 1.36. The molecule has 1 aliphatic heterocycles. The fraction of sp³-hybridized carbons (Fsp3) is 0.409. The first kappa shape index (κ1) is 17.2. The lowest BCUT2D eigenvalue weighted by molar-refractivity contribution is -0.121. The summed E-state index contributed by atoms with van der Waals surface area (Å²) in [7, 11) is 0. The summed E-state index contributed by atoms with van der Waals surface area (Å²) in [6.07, 6.45) is 4.62. The number of hydrogen-bond donors (Lipinski definition) is 1. The van der Waals surface area contributed by atoms with E-state index in [0.29, 0.717) is 0 Å². The number of carbonyl (C=O) groups excluding carboxylic acids is 1. The summed E-state index contributed by atoms with van der Waals surface area (Å²) in [5.41, 5.74) is 2.49. The molecule has 0 bridgehead atoms. The molecule has 0 radical (unpaired) electrons. The highest BCUT2D eigenvalue weighted by atomic mass is 19.1. The number of carbonyl (C=O) groups is 1. The number of hydrogen-bond acceptors (Lipinski definition) is 2. The zero-order valence-electron chi connectivity index (χ0n) is 15.0. The predicted molar refractivity (Wildman–Crippen MR) is 102 cm³/mol. The Kier molecular flexibility index (Phi) is 5.02. The van der Waals surface area contributed by atoms with Crippen LogP contribution in [0.15, 0.2) is 48.5 Å². The molecule has 1 saturated carbocycles. The third kappa shape index (κ3) is 4.31. The highest BCUT2D eigenvalue weighted by Gasteiger charge is 2.29. The molecule has 0 aromatic heterocycles. The maximum Gasteiger partial charge on any atom is 0.227 e. The summed E-state index contributed by atoms with van der Waals surface area (Å²) in [5.74, 6) is 0.844. The highest BCUT2D eigenvalue weighted by Crippen LogP contribution is 2.31. The first-order valence-corrected chi connectivity index (χ1v) is 9.56. The van der Waals surface area contributed by atoms with Crippen LogP contribution in [-0.4, -0.2) is 30.4 Å². The van der Waals surface area contributed by atoms with E-state index in [1.807, 2.05) is 30.3 Å². The molecule has 0 unspecified atom stereocenters. The van der Waals surface area contributed by atoms with Gasteiger partial charge < -0.3 is 10.2 Å². The number of rotatable bonds is 5. The third-order valence-electron chi connectivity index (χ3n) is 5.46. The molecule has 26 heavy (non-hydrogen) atoms. The summed E-state index contributed by atoms with van der Waals surface area (Å²) in [6, 6.07) is 14.2. The Morgan fingerprint density at radius 2 is 1.69 bits per heavy atom. The zero-order chi connectivity index (χ0) is 17.9. The molecule has 2 aromatic rings. The second-order valence-electron chi connectivity index (χ2n) is 7.60. The van der Waals surface area contributed by atoms with Gasteiger partial charge in [0.25, 0.3) is 0 Å². The zero-order valence-corrected chi connectivity index (χ0v) is 15.0. The second kappa shape index (κ2) is 7.58. The minimum absolute atomic E-state index is 0.0864. The van der Waals surface area contributed by atoms with Gasteiger partial charge in [-0.15, -0.1) is 0 Å². The van der Waals surface area contributed by atoms with Crippen LogP contribution < -0.4 is 5.32 Å². The highest BCUT2D eigenvalue weighted by molar-refractivity contribution is 5.93. The minimum atomic E-state index is -0.255. The quantitative estimate of drug-likeness (QED) is 0.856. The van der Waals surface area contributed by atoms with Crippen molar-refractivity contribution in [1.29, 1.82) is 0 Å². The molecule has 0 atom stereocenters. The van der Waals surface area contributed by atoms with Crippen LogP contribution in [0, 0.1) is 17.7 Å². The van der Waals surface area contributed by atoms with Crippen molar-refractivity contribution < 1.29 is 9.18 Å². The van der Waals surface area contributed by atoms with Gasteiger partial charge in [0.05, 0.1) is 0 Å². The van der Waals surface area contributed by atoms with Crippen molar-refractivity contribution in [3.63, 3.8) is 0 Å². The van der Waals surface area contributed by atoms with Crippen molar-refractivity contribution in [1.82, 2.24) is 4.90 Å². The fourth-order valence-corrected chi connectivity index (χ4v) is 3.73. The summed E-state index contributed by atoms with van der Waals surface area (Å²) in [6.45, 7) is 3.26. The molecule has 2 fully saturated rings. The van der Waals surface area contributed by atoms with Gasteiger partial charge in [-0.3, -0.25) is 4.79 Å². The van der Waals surface area contributed by atoms with Gasteiger partial charge in [0.2, 0.25) is 5.91 Å². The lowest BCUT2D eigenvalue weighted by Gasteiger charge is -2.31. The van der Waals surface area contributed by atoms with Gasteiger partial charge in [-0.25, -0.2) is 4.39 Å². The largest absolute Gasteiger partial charge is 0.326 e. The van der Waals surface area contributed by atoms with Crippen molar-refractivity contribution >= 4 is 11.6 Å². The Morgan fingerprint density at radius 1 is 1.00 bits per heavy atom. The standard InChI is InChI=1S/C22H25FN2O/c23-20-5-1-3-18(13-20)19-4-2-6-21(14-19)24-22(26)17-9-11-25(12-10-17)15-16-7-8-16/h1-6,13-14,16-17H,7-12,15H2,(H,24,26). The maximum absolute atomic E-state index is 13.4. The molecule has 2 aliphatic rings. The van der Waals surface area contributed by atoms with Gasteiger partial charge in [-0.2, -0.15) is 0 Å². The van der Waals surface area contributed by atoms with Crippen LogP contribution >= 0.6 is 0 Å². The van der Waals surface area contributed by atoms with E-state index in [0.717, 1.165) is 48.7 Å². The van der Waals surface area contributed by atoms with Crippen LogP contribution in [0.4, 0.5) is 10.1 Å². The van der Waals surface area contributed by atoms with Crippen molar-refractivity contribution in [3.05, 3.63) is 54.3 Å². The third-order valence-corrected chi connectivity index (χ3v) is 5.46. The van der Waals surface area contributed by atoms with Crippen LogP contribution in [0.25, 0.3) is 11.1 Å². The molecule has 1 saturated heterocycles. The van der Waals surface area contributed by atoms with Crippen molar-refractivity contribution in [2.24, 2.45) is 11.8 Å². The molecular formula is C22H25FN2O. The lowest BCUT2D eigenvalue weighted by atomic mass is 9.95. The van der Waals surface area contributed by atoms with Crippen LogP contribution in [0.1, 0.15) is 25.7 Å². The molecular weight excluding hydrogens is 327 g/mol. The van der Waals surface area contributed by atoms with E-state index in [4.69, 9.17) is 0 Å². The van der Waals surface area contributed by atoms with Crippen LogP contribution in [0.3, 0.4) is 0 Å². The van der Waals surface area contributed by atoms with E-state index >= 15 is 0 Å². The first-order valence-electron chi connectivity index (χ1n) is 9.56. The molecule has 136 valence electrons. The number of piperidine rings is 1. The summed E-state index contributed by atoms with van der Waals surface area (Å²) >= 11 is 0. The number of nitrogens with one attached hydrogen (secondary N) is 1. The number of benzene rings is 2. The normalized spacial score (nSPS) is 18.7. The average molecular weight is 352 g/mol. The molecule has 0 spiro atoms. The van der Waals surface area contributed by atoms with Gasteiger partial charge in [0.1, 0.15) is 5.82 Å². The minimum Gasteiger partial charge on any atom is -0.326 e. The number of anilines is 1. The van der Waals surface area contributed by atoms with Crippen molar-refractivity contribution in [2.45, 2.75) is 25.7 Å². The van der Waals surface area contributed by atoms with Gasteiger partial charge in [0, 0.05) is 18.2 Å². The summed E-state index contributed by atoms with van der Waals surface area (Å²) < 4.78 is 13.4. The molecule has 1 aliphatic carbocycles. The second-order valence-corrected chi connectivity index (χ2v) is 7.60. The summed E-state index contributed by atoms with van der Waals surface area (Å²) in [4.78, 5) is 15.1. The van der Waals surface area contributed by atoms with Crippen molar-refractivity contribution in [3.8, 4) is 11.1 Å². The molecule has 4 heteroatoms. The monoisotopic (exact) mass is 352 g/mol. The number of likely N-dealkylation sites (tertiary alicyclic amines) is 1. The van der Waals surface area contributed by atoms with Crippen LogP contribution in [0.2, 0.25) is 0 Å². The predicted octanol–water partition coefficient (Wildman–Crippen LogP) is 4.55. The van der Waals surface area contributed by atoms with Crippen LogP contribution in [-0.2, 0) is 4.79 Å². The summed E-state index contributed by atoms with van der Waals surface area (Å²) in [5, 5.41) is 3.05. The van der Waals surface area contributed by atoms with Crippen LogP contribution in [0.5, 0.6) is 0 Å². The smallest absolute Gasteiger partial charge is 0.227 e. The Morgan fingerprint density at radius 3 is 2.38 bits per heavy atom. The number of nitrogens with zero attached hydrogens (tertiary/aromatic N) is 1. The maximum atomic E-state index is 13.4. The SMILES string of the molecule is O=C(Nc1cccc(-c2cccc(F)c2)c1)C1CCN(CC2CC2)CC1. The molecule has 4 rings (SSSR count). The molecule has 1 amide bonds. The van der Waals surface area contributed by atoms with Gasteiger partial charge >= 0.3 is 0 Å². The molecule has 1 N–H and O–H groups in total. The van der Waals surface area contributed by atoms with E-state index in [2.05, 4.69) is 10.2 Å². The first-order chi connectivity index (χ1) is 12.7. The Bertz CT molecular complexity index is 779. The molecule has 3 nitrogen and oxygen atoms in total.